The summed E-state index contributed by atoms with van der Waals surface area (Å²) >= 11 is 1.40. The van der Waals surface area contributed by atoms with Crippen LogP contribution in [0.3, 0.4) is 0 Å². The number of aliphatic hydroxyl groups is 1. The lowest BCUT2D eigenvalue weighted by Gasteiger charge is -2.04. The van der Waals surface area contributed by atoms with Gasteiger partial charge in [0.15, 0.2) is 0 Å². The van der Waals surface area contributed by atoms with Crippen molar-refractivity contribution in [3.63, 3.8) is 0 Å². The number of hydrogen-bond donors (Lipinski definition) is 1. The van der Waals surface area contributed by atoms with Crippen molar-refractivity contribution in [2.75, 3.05) is 0 Å². The average Bonchev–Trinajstić information content (AvgIpc) is 2.53. The van der Waals surface area contributed by atoms with Gasteiger partial charge in [0.05, 0.1) is 12.3 Å². The van der Waals surface area contributed by atoms with Crippen LogP contribution >= 0.6 is 11.8 Å². The molecule has 1 N–H and O–H groups in total. The number of hydrogen-bond acceptors (Lipinski definition) is 3. The minimum Gasteiger partial charge on any atom is -0.392 e. The van der Waals surface area contributed by atoms with Gasteiger partial charge in [0.1, 0.15) is 10.8 Å². The normalized spacial score (nSPS) is 10.8. The first-order chi connectivity index (χ1) is 8.11. The van der Waals surface area contributed by atoms with Crippen molar-refractivity contribution in [2.24, 2.45) is 7.05 Å². The highest BCUT2D eigenvalue weighted by Gasteiger charge is 2.13. The summed E-state index contributed by atoms with van der Waals surface area (Å²) in [7, 11) is 1.81. The molecule has 5 heteroatoms. The molecule has 0 amide bonds. The first kappa shape index (κ1) is 12.1. The summed E-state index contributed by atoms with van der Waals surface area (Å²) in [5.74, 6) is -0.264. The Hall–Kier alpha value is -1.33. The number of aliphatic hydroxyl groups excluding tert-OH is 1. The third kappa shape index (κ3) is 2.50. The van der Waals surface area contributed by atoms with Crippen LogP contribution in [0, 0.1) is 12.7 Å². The Morgan fingerprint density at radius 2 is 2.24 bits per heavy atom. The van der Waals surface area contributed by atoms with Crippen LogP contribution in [0.1, 0.15) is 11.3 Å². The first-order valence-electron chi connectivity index (χ1n) is 5.18. The third-order valence-corrected chi connectivity index (χ3v) is 3.65. The Labute approximate surface area is 103 Å². The molecule has 0 radical (unpaired) electrons. The van der Waals surface area contributed by atoms with Crippen LogP contribution in [0.15, 0.2) is 34.2 Å². The molecule has 2 aromatic rings. The molecule has 0 aliphatic carbocycles. The lowest BCUT2D eigenvalue weighted by molar-refractivity contribution is 0.277. The predicted molar refractivity (Wildman–Crippen MR) is 64.4 cm³/mol. The van der Waals surface area contributed by atoms with Gasteiger partial charge >= 0.3 is 0 Å². The second-order valence-electron chi connectivity index (χ2n) is 3.71. The molecule has 0 fully saturated rings. The predicted octanol–water partition coefficient (Wildman–Crippen LogP) is 2.51. The van der Waals surface area contributed by atoms with Crippen molar-refractivity contribution in [2.45, 2.75) is 23.5 Å². The zero-order valence-corrected chi connectivity index (χ0v) is 10.5. The van der Waals surface area contributed by atoms with E-state index in [1.165, 1.54) is 23.9 Å². The molecule has 2 rings (SSSR count). The molecule has 1 heterocycles. The molecule has 90 valence electrons. The van der Waals surface area contributed by atoms with E-state index in [1.54, 1.807) is 10.7 Å². The summed E-state index contributed by atoms with van der Waals surface area (Å²) in [5, 5.41) is 14.4. The van der Waals surface area contributed by atoms with Gasteiger partial charge in [0.25, 0.3) is 0 Å². The molecule has 0 unspecified atom stereocenters. The molecule has 3 nitrogen and oxygen atoms in total. The van der Waals surface area contributed by atoms with Crippen molar-refractivity contribution >= 4 is 11.8 Å². The van der Waals surface area contributed by atoms with E-state index in [1.807, 2.05) is 20.0 Å². The summed E-state index contributed by atoms with van der Waals surface area (Å²) in [5.41, 5.74) is 1.59. The van der Waals surface area contributed by atoms with Gasteiger partial charge in [-0.2, -0.15) is 5.10 Å². The van der Waals surface area contributed by atoms with Gasteiger partial charge in [-0.15, -0.1) is 0 Å². The van der Waals surface area contributed by atoms with E-state index in [9.17, 15) is 9.50 Å². The molecule has 0 spiro atoms. The molecule has 0 aliphatic rings. The Morgan fingerprint density at radius 3 is 2.88 bits per heavy atom. The van der Waals surface area contributed by atoms with Crippen LogP contribution in [0.4, 0.5) is 4.39 Å². The van der Waals surface area contributed by atoms with Crippen LogP contribution in [0.25, 0.3) is 0 Å². The summed E-state index contributed by atoms with van der Waals surface area (Å²) in [6, 6.07) is 6.37. The zero-order valence-electron chi connectivity index (χ0n) is 9.64. The zero-order chi connectivity index (χ0) is 12.4. The summed E-state index contributed by atoms with van der Waals surface area (Å²) in [4.78, 5) is 0.794. The molecule has 0 saturated carbocycles. The van der Waals surface area contributed by atoms with E-state index >= 15 is 0 Å². The molecule has 0 saturated heterocycles. The van der Waals surface area contributed by atoms with E-state index in [2.05, 4.69) is 5.10 Å². The molecule has 17 heavy (non-hydrogen) atoms. The van der Waals surface area contributed by atoms with Crippen molar-refractivity contribution in [3.05, 3.63) is 41.3 Å². The summed E-state index contributed by atoms with van der Waals surface area (Å²) in [6.45, 7) is 1.79. The van der Waals surface area contributed by atoms with Crippen molar-refractivity contribution < 1.29 is 9.50 Å². The number of nitrogens with zero attached hydrogens (tertiary/aromatic N) is 2. The van der Waals surface area contributed by atoms with Gasteiger partial charge in [-0.25, -0.2) is 4.39 Å². The van der Waals surface area contributed by atoms with Gasteiger partial charge < -0.3 is 5.11 Å². The Balaban J connectivity index is 2.36. The van der Waals surface area contributed by atoms with Gasteiger partial charge in [-0.1, -0.05) is 17.8 Å². The maximum Gasteiger partial charge on any atom is 0.124 e. The number of rotatable bonds is 3. The van der Waals surface area contributed by atoms with Crippen molar-refractivity contribution in [1.82, 2.24) is 9.78 Å². The molecule has 1 aromatic heterocycles. The fourth-order valence-electron chi connectivity index (χ4n) is 1.63. The van der Waals surface area contributed by atoms with Crippen LogP contribution in [0.5, 0.6) is 0 Å². The molecule has 0 bridgehead atoms. The second kappa shape index (κ2) is 4.89. The largest absolute Gasteiger partial charge is 0.392 e. The van der Waals surface area contributed by atoms with Crippen LogP contribution < -0.4 is 0 Å². The number of halogens is 1. The third-order valence-electron chi connectivity index (χ3n) is 2.46. The fourth-order valence-corrected chi connectivity index (χ4v) is 2.68. The van der Waals surface area contributed by atoms with E-state index < -0.39 is 0 Å². The number of aryl methyl sites for hydroxylation is 2. The SMILES string of the molecule is Cc1nn(C)c(Sc2cccc(F)c2)c1CO. The minimum atomic E-state index is -0.264. The van der Waals surface area contributed by atoms with E-state index in [-0.39, 0.29) is 12.4 Å². The number of benzene rings is 1. The lowest BCUT2D eigenvalue weighted by atomic mass is 10.3. The van der Waals surface area contributed by atoms with Crippen molar-refractivity contribution in [3.8, 4) is 0 Å². The van der Waals surface area contributed by atoms with Crippen molar-refractivity contribution in [1.29, 1.82) is 0 Å². The Bertz CT molecular complexity index is 539. The first-order valence-corrected chi connectivity index (χ1v) is 6.00. The molecule has 0 aliphatic heterocycles. The maximum atomic E-state index is 13.1. The van der Waals surface area contributed by atoms with Crippen LogP contribution in [-0.4, -0.2) is 14.9 Å². The monoisotopic (exact) mass is 252 g/mol. The fraction of sp³-hybridized carbons (Fsp3) is 0.250. The quantitative estimate of drug-likeness (QED) is 0.912. The van der Waals surface area contributed by atoms with E-state index in [4.69, 9.17) is 0 Å². The molecule has 1 aromatic carbocycles. The standard InChI is InChI=1S/C12H13FN2OS/c1-8-11(7-16)12(15(2)14-8)17-10-5-3-4-9(13)6-10/h3-6,16H,7H2,1-2H3. The maximum absolute atomic E-state index is 13.1. The average molecular weight is 252 g/mol. The Morgan fingerprint density at radius 1 is 1.47 bits per heavy atom. The molecular formula is C12H13FN2OS. The lowest BCUT2D eigenvalue weighted by Crippen LogP contribution is -1.93. The highest BCUT2D eigenvalue weighted by atomic mass is 32.2. The van der Waals surface area contributed by atoms with Crippen LogP contribution in [0.2, 0.25) is 0 Å². The topological polar surface area (TPSA) is 38.0 Å². The minimum absolute atomic E-state index is 0.0582. The smallest absolute Gasteiger partial charge is 0.124 e. The summed E-state index contributed by atoms with van der Waals surface area (Å²) < 4.78 is 14.8. The summed E-state index contributed by atoms with van der Waals surface area (Å²) in [6.07, 6.45) is 0. The molecule has 0 atom stereocenters. The van der Waals surface area contributed by atoms with E-state index in [0.29, 0.717) is 0 Å². The van der Waals surface area contributed by atoms with Crippen LogP contribution in [-0.2, 0) is 13.7 Å². The van der Waals surface area contributed by atoms with Gasteiger partial charge in [-0.3, -0.25) is 4.68 Å². The highest BCUT2D eigenvalue weighted by molar-refractivity contribution is 7.99. The van der Waals surface area contributed by atoms with Gasteiger partial charge in [0.2, 0.25) is 0 Å². The second-order valence-corrected chi connectivity index (χ2v) is 4.77. The molecular weight excluding hydrogens is 239 g/mol. The van der Waals surface area contributed by atoms with Gasteiger partial charge in [-0.05, 0) is 25.1 Å². The number of aromatic nitrogens is 2. The highest BCUT2D eigenvalue weighted by Crippen LogP contribution is 2.31. The van der Waals surface area contributed by atoms with Gasteiger partial charge in [0, 0.05) is 17.5 Å². The van der Waals surface area contributed by atoms with E-state index in [0.717, 1.165) is 21.2 Å². The Kier molecular flexibility index (Phi) is 3.49.